The minimum absolute atomic E-state index is 0.0796. The molecule has 6 heteroatoms. The minimum Gasteiger partial charge on any atom is -0.342 e. The second-order valence-corrected chi connectivity index (χ2v) is 15.6. The quantitative estimate of drug-likeness (QED) is 0.320. The maximum absolute atomic E-state index is 17.6. The van der Waals surface area contributed by atoms with E-state index in [0.717, 1.165) is 9.79 Å². The van der Waals surface area contributed by atoms with E-state index in [1.807, 2.05) is 19.1 Å². The number of nitrogens with zero attached hydrogens (tertiary/aromatic N) is 1. The van der Waals surface area contributed by atoms with Gasteiger partial charge in [0.05, 0.1) is 0 Å². The number of hydrogen-bond donors (Lipinski definition) is 0. The van der Waals surface area contributed by atoms with E-state index in [1.165, 1.54) is 12.1 Å². The monoisotopic (exact) mass is 457 g/mol. The van der Waals surface area contributed by atoms with Crippen LogP contribution < -0.4 is 14.6 Å². The molecule has 1 unspecified atom stereocenters. The molecule has 3 rings (SSSR count). The van der Waals surface area contributed by atoms with E-state index in [1.54, 1.807) is 83.1 Å². The minimum atomic E-state index is -5.44. The molecule has 0 bridgehead atoms. The highest BCUT2D eigenvalue weighted by atomic mass is 28.5. The number of aryl methyl sites for hydroxylation is 3. The lowest BCUT2D eigenvalue weighted by atomic mass is 10.1. The topological polar surface area (TPSA) is 3.24 Å². The fourth-order valence-electron chi connectivity index (χ4n) is 4.34. The zero-order chi connectivity index (χ0) is 23.0. The molecule has 0 aliphatic heterocycles. The van der Waals surface area contributed by atoms with E-state index in [9.17, 15) is 0 Å². The molecule has 0 aromatic heterocycles. The van der Waals surface area contributed by atoms with Gasteiger partial charge in [-0.25, -0.2) is 8.22 Å². The lowest BCUT2D eigenvalue weighted by molar-refractivity contribution is 0.584. The van der Waals surface area contributed by atoms with Crippen LogP contribution in [0.15, 0.2) is 72.8 Å². The van der Waals surface area contributed by atoms with Crippen LogP contribution in [0.2, 0.25) is 5.04 Å². The summed E-state index contributed by atoms with van der Waals surface area (Å²) in [5.41, 5.74) is 2.66. The maximum atomic E-state index is 17.6. The molecule has 0 N–H and O–H groups in total. The maximum Gasteiger partial charge on any atom is 0.565 e. The Hall–Kier alpha value is -2.32. The lowest BCUT2D eigenvalue weighted by Gasteiger charge is -2.48. The largest absolute Gasteiger partial charge is 0.565 e. The highest BCUT2D eigenvalue weighted by molar-refractivity contribution is 7.05. The summed E-state index contributed by atoms with van der Waals surface area (Å²) in [7, 11) is -9.89. The molecule has 3 aromatic carbocycles. The SMILES string of the molecule is Cc1cc(C)c(N([Si](F)(F)c2ccccc2)[Si](F)(c2ccccc2)C(C)(C)C)c(C)c1. The van der Waals surface area contributed by atoms with Crippen molar-refractivity contribution in [3.05, 3.63) is 89.5 Å². The fraction of sp³-hybridized carbons (Fsp3) is 0.280. The first-order valence-electron chi connectivity index (χ1n) is 10.5. The predicted molar refractivity (Wildman–Crippen MR) is 130 cm³/mol. The zero-order valence-electron chi connectivity index (χ0n) is 19.0. The van der Waals surface area contributed by atoms with Crippen LogP contribution in [0, 0.1) is 20.8 Å². The van der Waals surface area contributed by atoms with Crippen LogP contribution in [-0.2, 0) is 0 Å². The summed E-state index contributed by atoms with van der Waals surface area (Å²) in [4.78, 5) is 0. The molecule has 0 aliphatic carbocycles. The van der Waals surface area contributed by atoms with Gasteiger partial charge in [-0.15, -0.1) is 0 Å². The van der Waals surface area contributed by atoms with Crippen LogP contribution >= 0.6 is 0 Å². The Kier molecular flexibility index (Phi) is 6.26. The van der Waals surface area contributed by atoms with Gasteiger partial charge >= 0.3 is 17.5 Å². The summed E-state index contributed by atoms with van der Waals surface area (Å²) in [6, 6.07) is 20.1. The summed E-state index contributed by atoms with van der Waals surface area (Å²) in [5.74, 6) is 0. The molecule has 0 spiro atoms. The first-order chi connectivity index (χ1) is 14.4. The van der Waals surface area contributed by atoms with Crippen LogP contribution in [0.3, 0.4) is 0 Å². The molecule has 164 valence electrons. The van der Waals surface area contributed by atoms with Crippen LogP contribution in [0.5, 0.6) is 0 Å². The Morgan fingerprint density at radius 1 is 0.677 bits per heavy atom. The van der Waals surface area contributed by atoms with Crippen molar-refractivity contribution in [1.82, 2.24) is 0 Å². The standard InChI is InChI=1S/C25H30F3NSi2/c1-19-17-20(2)24(21(3)18-19)29(31(27,28)23-15-11-8-12-16-23)30(26,25(4,5)6)22-13-9-7-10-14-22/h7-18H,1-6H3. The number of anilines is 1. The van der Waals surface area contributed by atoms with Crippen molar-refractivity contribution in [1.29, 1.82) is 0 Å². The molecule has 0 saturated carbocycles. The van der Waals surface area contributed by atoms with Gasteiger partial charge in [-0.2, -0.15) is 0 Å². The first kappa shape index (κ1) is 23.3. The van der Waals surface area contributed by atoms with Gasteiger partial charge in [0.1, 0.15) is 0 Å². The molecule has 1 atom stereocenters. The lowest BCUT2D eigenvalue weighted by Crippen LogP contribution is -2.75. The molecular weight excluding hydrogens is 427 g/mol. The molecule has 0 aliphatic rings. The zero-order valence-corrected chi connectivity index (χ0v) is 21.0. The van der Waals surface area contributed by atoms with Gasteiger partial charge in [0.15, 0.2) is 0 Å². The molecule has 0 heterocycles. The van der Waals surface area contributed by atoms with Crippen molar-refractivity contribution in [2.75, 3.05) is 4.23 Å². The smallest absolute Gasteiger partial charge is 0.342 e. The molecule has 0 radical (unpaired) electrons. The summed E-state index contributed by atoms with van der Waals surface area (Å²) >= 11 is 0. The average molecular weight is 458 g/mol. The molecule has 0 fully saturated rings. The highest BCUT2D eigenvalue weighted by Crippen LogP contribution is 2.46. The Bertz CT molecular complexity index is 1030. The number of rotatable bonds is 5. The van der Waals surface area contributed by atoms with Crippen molar-refractivity contribution in [2.24, 2.45) is 0 Å². The summed E-state index contributed by atoms with van der Waals surface area (Å²) in [6.45, 7) is 10.8. The van der Waals surface area contributed by atoms with E-state index in [-0.39, 0.29) is 5.19 Å². The third-order valence-corrected chi connectivity index (χ3v) is 13.2. The summed E-state index contributed by atoms with van der Waals surface area (Å²) in [6.07, 6.45) is 0. The van der Waals surface area contributed by atoms with Gasteiger partial charge in [0.25, 0.3) is 0 Å². The van der Waals surface area contributed by atoms with Crippen molar-refractivity contribution >= 4 is 33.5 Å². The van der Waals surface area contributed by atoms with Crippen molar-refractivity contribution < 1.29 is 12.3 Å². The van der Waals surface area contributed by atoms with E-state index in [0.29, 0.717) is 22.0 Å². The van der Waals surface area contributed by atoms with E-state index >= 15 is 12.3 Å². The van der Waals surface area contributed by atoms with Crippen LogP contribution in [-0.4, -0.2) is 17.5 Å². The molecule has 0 saturated heterocycles. The van der Waals surface area contributed by atoms with E-state index in [2.05, 4.69) is 0 Å². The Morgan fingerprint density at radius 2 is 1.10 bits per heavy atom. The van der Waals surface area contributed by atoms with E-state index in [4.69, 9.17) is 0 Å². The molecule has 31 heavy (non-hydrogen) atoms. The van der Waals surface area contributed by atoms with Gasteiger partial charge in [0, 0.05) is 15.9 Å². The Morgan fingerprint density at radius 3 is 1.52 bits per heavy atom. The van der Waals surface area contributed by atoms with Crippen molar-refractivity contribution in [2.45, 2.75) is 46.6 Å². The van der Waals surface area contributed by atoms with E-state index < -0.39 is 22.5 Å². The van der Waals surface area contributed by atoms with Crippen LogP contribution in [0.25, 0.3) is 0 Å². The first-order valence-corrected chi connectivity index (χ1v) is 14.0. The predicted octanol–water partition coefficient (Wildman–Crippen LogP) is 6.32. The van der Waals surface area contributed by atoms with Crippen molar-refractivity contribution in [3.63, 3.8) is 0 Å². The van der Waals surface area contributed by atoms with Gasteiger partial charge < -0.3 is 4.23 Å². The second kappa shape index (κ2) is 8.32. The van der Waals surface area contributed by atoms with Gasteiger partial charge in [0.2, 0.25) is 0 Å². The second-order valence-electron chi connectivity index (χ2n) is 9.23. The van der Waals surface area contributed by atoms with Crippen LogP contribution in [0.1, 0.15) is 37.5 Å². The summed E-state index contributed by atoms with van der Waals surface area (Å²) in [5, 5.41) is -0.711. The average Bonchev–Trinajstić information content (AvgIpc) is 2.70. The van der Waals surface area contributed by atoms with Gasteiger partial charge in [-0.3, -0.25) is 4.11 Å². The molecular formula is C25H30F3NSi2. The van der Waals surface area contributed by atoms with Crippen molar-refractivity contribution in [3.8, 4) is 0 Å². The number of benzene rings is 3. The number of halogens is 3. The summed E-state index contributed by atoms with van der Waals surface area (Å²) < 4.78 is 51.7. The molecule has 1 nitrogen and oxygen atoms in total. The van der Waals surface area contributed by atoms with Gasteiger partial charge in [-0.1, -0.05) is 99.1 Å². The van der Waals surface area contributed by atoms with Gasteiger partial charge in [-0.05, 0) is 37.1 Å². The normalized spacial score (nSPS) is 14.2. The third-order valence-electron chi connectivity index (χ3n) is 5.72. The highest BCUT2D eigenvalue weighted by Gasteiger charge is 2.64. The number of hydrogen-bond acceptors (Lipinski definition) is 1. The van der Waals surface area contributed by atoms with Crippen LogP contribution in [0.4, 0.5) is 18.0 Å². The third kappa shape index (κ3) is 4.11. The molecule has 0 amide bonds. The molecule has 3 aromatic rings. The Labute approximate surface area is 186 Å². The Balaban J connectivity index is 2.44. The fourth-order valence-corrected chi connectivity index (χ4v) is 12.2.